The van der Waals surface area contributed by atoms with Crippen molar-refractivity contribution in [2.45, 2.75) is 17.5 Å². The fraction of sp³-hybridized carbons (Fsp3) is 1.00. The van der Waals surface area contributed by atoms with E-state index in [1.54, 1.807) is 0 Å². The molecule has 0 aromatic carbocycles. The predicted molar refractivity (Wildman–Crippen MR) is 91.0 cm³/mol. The average Bonchev–Trinajstić information content (AvgIpc) is 2.54. The summed E-state index contributed by atoms with van der Waals surface area (Å²) < 4.78 is 34.1. The highest BCUT2D eigenvalue weighted by atomic mass is 32.3. The van der Waals surface area contributed by atoms with Crippen LogP contribution in [-0.2, 0) is 10.4 Å². The number of rotatable bonds is 12. The van der Waals surface area contributed by atoms with Gasteiger partial charge in [-0.1, -0.05) is 0 Å². The van der Waals surface area contributed by atoms with Gasteiger partial charge in [0.1, 0.15) is 0 Å². The summed E-state index contributed by atoms with van der Waals surface area (Å²) in [5, 5.41) is 60.2. The topological polar surface area (TPSA) is 299 Å². The number of aliphatic hydroxyl groups is 6. The second kappa shape index (κ2) is 16.6. The zero-order valence-corrected chi connectivity index (χ0v) is 15.9. The van der Waals surface area contributed by atoms with Gasteiger partial charge in [0, 0.05) is 10.4 Å². The van der Waals surface area contributed by atoms with Crippen molar-refractivity contribution < 1.29 is 48.2 Å². The summed E-state index contributed by atoms with van der Waals surface area (Å²) in [7, 11) is -5.17. The predicted octanol–water partition coefficient (Wildman–Crippen LogP) is -4.60. The molecule has 15 heteroatoms. The van der Waals surface area contributed by atoms with Gasteiger partial charge in [-0.05, 0) is 19.5 Å². The Balaban J connectivity index is -0.000000304. The first-order chi connectivity index (χ1) is 11.1. The SMILES string of the molecule is O=S(=O)([O-])[O-].OCC(CO)(CO)NCCCNC(CO)(CO)CO.[NH4+].[NH4+]. The van der Waals surface area contributed by atoms with E-state index in [2.05, 4.69) is 10.6 Å². The maximum Gasteiger partial charge on any atom is 0.0881 e. The Morgan fingerprint density at radius 3 is 1.00 bits per heavy atom. The smallest absolute Gasteiger partial charge is 0.0881 e. The van der Waals surface area contributed by atoms with E-state index in [1.807, 2.05) is 0 Å². The Morgan fingerprint density at radius 1 is 0.654 bits per heavy atom. The van der Waals surface area contributed by atoms with E-state index in [-0.39, 0.29) is 51.9 Å². The highest BCUT2D eigenvalue weighted by Crippen LogP contribution is 2.03. The van der Waals surface area contributed by atoms with Crippen LogP contribution in [-0.4, -0.2) is 112 Å². The van der Waals surface area contributed by atoms with Crippen molar-refractivity contribution in [2.75, 3.05) is 52.7 Å². The molecule has 0 saturated carbocycles. The van der Waals surface area contributed by atoms with Crippen molar-refractivity contribution in [1.29, 1.82) is 0 Å². The minimum atomic E-state index is -5.17. The van der Waals surface area contributed by atoms with Gasteiger partial charge in [0.15, 0.2) is 0 Å². The molecule has 0 heterocycles. The highest BCUT2D eigenvalue weighted by molar-refractivity contribution is 7.79. The summed E-state index contributed by atoms with van der Waals surface area (Å²) in [6.45, 7) is -1.51. The molecule has 0 unspecified atom stereocenters. The van der Waals surface area contributed by atoms with Crippen LogP contribution >= 0.6 is 0 Å². The largest absolute Gasteiger partial charge is 0.759 e. The highest BCUT2D eigenvalue weighted by Gasteiger charge is 2.28. The summed E-state index contributed by atoms with van der Waals surface area (Å²) >= 11 is 0. The molecule has 0 aliphatic rings. The lowest BCUT2D eigenvalue weighted by molar-refractivity contribution is 0.0378. The second-order valence-corrected chi connectivity index (χ2v) is 5.94. The fourth-order valence-corrected chi connectivity index (χ4v) is 1.43. The number of hydrogen-bond acceptors (Lipinski definition) is 12. The Hall–Kier alpha value is -0.530. The van der Waals surface area contributed by atoms with Gasteiger partial charge >= 0.3 is 0 Å². The van der Waals surface area contributed by atoms with E-state index in [9.17, 15) is 0 Å². The van der Waals surface area contributed by atoms with Gasteiger partial charge in [-0.3, -0.25) is 8.42 Å². The summed E-state index contributed by atoms with van der Waals surface area (Å²) in [5.41, 5.74) is -2.22. The molecule has 14 nitrogen and oxygen atoms in total. The van der Waals surface area contributed by atoms with Crippen molar-refractivity contribution >= 4 is 10.4 Å². The van der Waals surface area contributed by atoms with Crippen molar-refractivity contribution in [2.24, 2.45) is 0 Å². The summed E-state index contributed by atoms with van der Waals surface area (Å²) in [5.74, 6) is 0. The third kappa shape index (κ3) is 15.7. The van der Waals surface area contributed by atoms with Gasteiger partial charge in [0.2, 0.25) is 0 Å². The van der Waals surface area contributed by atoms with Crippen molar-refractivity contribution in [1.82, 2.24) is 22.9 Å². The van der Waals surface area contributed by atoms with Crippen LogP contribution in [0.25, 0.3) is 0 Å². The van der Waals surface area contributed by atoms with Crippen LogP contribution in [0.3, 0.4) is 0 Å². The van der Waals surface area contributed by atoms with Crippen LogP contribution in [0.4, 0.5) is 0 Å². The fourth-order valence-electron chi connectivity index (χ4n) is 1.43. The number of nitrogens with one attached hydrogen (secondary N) is 2. The first-order valence-electron chi connectivity index (χ1n) is 6.89. The molecular formula is C11H34N4O10S. The Morgan fingerprint density at radius 2 is 0.846 bits per heavy atom. The minimum Gasteiger partial charge on any atom is -0.759 e. The van der Waals surface area contributed by atoms with E-state index < -0.39 is 21.5 Å². The maximum absolute atomic E-state index is 9.08. The van der Waals surface area contributed by atoms with E-state index in [0.717, 1.165) is 0 Å². The van der Waals surface area contributed by atoms with E-state index in [1.165, 1.54) is 0 Å². The van der Waals surface area contributed by atoms with Crippen LogP contribution in [0, 0.1) is 0 Å². The molecular weight excluding hydrogens is 380 g/mol. The Bertz CT molecular complexity index is 357. The number of quaternary nitrogens is 2. The van der Waals surface area contributed by atoms with Crippen LogP contribution in [0.15, 0.2) is 0 Å². The molecule has 0 rings (SSSR count). The Labute approximate surface area is 152 Å². The maximum atomic E-state index is 9.08. The summed E-state index contributed by atoms with van der Waals surface area (Å²) in [4.78, 5) is 0. The lowest BCUT2D eigenvalue weighted by Gasteiger charge is -2.30. The molecule has 0 bridgehead atoms. The molecule has 0 amide bonds. The minimum absolute atomic E-state index is 0. The van der Waals surface area contributed by atoms with Gasteiger partial charge in [-0.25, -0.2) is 0 Å². The normalized spacial score (nSPS) is 11.7. The van der Waals surface area contributed by atoms with Gasteiger partial charge in [-0.15, -0.1) is 0 Å². The molecule has 0 aliphatic carbocycles. The van der Waals surface area contributed by atoms with Gasteiger partial charge in [0.25, 0.3) is 0 Å². The molecule has 0 aromatic heterocycles. The zero-order valence-electron chi connectivity index (χ0n) is 15.1. The van der Waals surface area contributed by atoms with E-state index in [4.69, 9.17) is 48.2 Å². The van der Waals surface area contributed by atoms with E-state index in [0.29, 0.717) is 19.5 Å². The van der Waals surface area contributed by atoms with Crippen molar-refractivity contribution in [3.8, 4) is 0 Å². The molecule has 164 valence electrons. The van der Waals surface area contributed by atoms with Crippen LogP contribution in [0.5, 0.6) is 0 Å². The second-order valence-electron chi connectivity index (χ2n) is 5.12. The molecule has 0 spiro atoms. The standard InChI is InChI=1S/C11H26N2O6.2H3N.H2O4S/c14-4-10(5-15,6-16)12-2-1-3-13-11(7-17,8-18)9-19;;;1-5(2,3)4/h12-19H,1-9H2;2*1H3;(H2,1,2,3,4). The van der Waals surface area contributed by atoms with Gasteiger partial charge in [-0.2, -0.15) is 0 Å². The lowest BCUT2D eigenvalue weighted by Crippen LogP contribution is -2.57. The molecule has 0 fully saturated rings. The zero-order chi connectivity index (χ0) is 19.3. The molecule has 0 saturated heterocycles. The Kier molecular flexibility index (Phi) is 21.2. The monoisotopic (exact) mass is 414 g/mol. The first-order valence-corrected chi connectivity index (χ1v) is 8.23. The molecule has 26 heavy (non-hydrogen) atoms. The van der Waals surface area contributed by atoms with Crippen LogP contribution in [0.2, 0.25) is 0 Å². The average molecular weight is 414 g/mol. The summed E-state index contributed by atoms with van der Waals surface area (Å²) in [6, 6.07) is 0. The van der Waals surface area contributed by atoms with Crippen molar-refractivity contribution in [3.63, 3.8) is 0 Å². The molecule has 0 aromatic rings. The third-order valence-corrected chi connectivity index (χ3v) is 3.17. The third-order valence-electron chi connectivity index (χ3n) is 3.17. The molecule has 16 N–H and O–H groups in total. The lowest BCUT2D eigenvalue weighted by atomic mass is 10.0. The molecule has 0 radical (unpaired) electrons. The molecule has 0 aliphatic heterocycles. The number of hydrogen-bond donors (Lipinski definition) is 10. The molecule has 0 atom stereocenters. The summed E-state index contributed by atoms with van der Waals surface area (Å²) in [6.07, 6.45) is 0.559. The van der Waals surface area contributed by atoms with Gasteiger partial charge in [0.05, 0.1) is 50.7 Å². The number of aliphatic hydroxyl groups excluding tert-OH is 6. The van der Waals surface area contributed by atoms with Crippen LogP contribution < -0.4 is 22.9 Å². The quantitative estimate of drug-likeness (QED) is 0.0819. The first kappa shape index (κ1) is 33.1. The van der Waals surface area contributed by atoms with E-state index >= 15 is 0 Å². The van der Waals surface area contributed by atoms with Gasteiger partial charge < -0.3 is 62.7 Å². The van der Waals surface area contributed by atoms with Crippen molar-refractivity contribution in [3.05, 3.63) is 0 Å². The van der Waals surface area contributed by atoms with Crippen LogP contribution in [0.1, 0.15) is 6.42 Å².